The number of aromatic hydroxyl groups is 1. The topological polar surface area (TPSA) is 165 Å². The van der Waals surface area contributed by atoms with Crippen molar-refractivity contribution in [3.8, 4) is 5.75 Å². The maximum atomic E-state index is 14.6. The van der Waals surface area contributed by atoms with Gasteiger partial charge in [0.05, 0.1) is 17.2 Å². The number of phenols is 1. The van der Waals surface area contributed by atoms with E-state index in [-0.39, 0.29) is 23.1 Å². The minimum Gasteiger partial charge on any atom is -0.508 e. The van der Waals surface area contributed by atoms with Crippen LogP contribution in [0.3, 0.4) is 0 Å². The summed E-state index contributed by atoms with van der Waals surface area (Å²) in [5.41, 5.74) is -0.750. The third kappa shape index (κ3) is 3.02. The molecule has 0 aromatic heterocycles. The van der Waals surface area contributed by atoms with E-state index in [1.165, 1.54) is 19.0 Å². The van der Waals surface area contributed by atoms with Crippen molar-refractivity contribution in [1.82, 2.24) is 9.80 Å². The van der Waals surface area contributed by atoms with Crippen molar-refractivity contribution in [2.24, 2.45) is 17.6 Å². The van der Waals surface area contributed by atoms with Crippen molar-refractivity contribution in [2.45, 2.75) is 49.0 Å². The van der Waals surface area contributed by atoms with E-state index in [4.69, 9.17) is 5.73 Å². The third-order valence-corrected chi connectivity index (χ3v) is 9.57. The number of halogens is 3. The normalized spacial score (nSPS) is 33.4. The van der Waals surface area contributed by atoms with Gasteiger partial charge in [-0.2, -0.15) is 13.2 Å². The van der Waals surface area contributed by atoms with Crippen molar-refractivity contribution in [1.29, 1.82) is 0 Å². The minimum absolute atomic E-state index is 0.00122. The summed E-state index contributed by atoms with van der Waals surface area (Å²) in [5.74, 6) is -9.19. The van der Waals surface area contributed by atoms with Crippen molar-refractivity contribution in [3.63, 3.8) is 0 Å². The summed E-state index contributed by atoms with van der Waals surface area (Å²) in [7, 11) is 4.62. The highest BCUT2D eigenvalue weighted by molar-refractivity contribution is 6.24. The van der Waals surface area contributed by atoms with Crippen LogP contribution in [0.5, 0.6) is 5.75 Å². The van der Waals surface area contributed by atoms with Gasteiger partial charge in [-0.05, 0) is 64.0 Å². The quantitative estimate of drug-likeness (QED) is 0.335. The minimum atomic E-state index is -4.82. The molecule has 6 N–H and O–H groups in total. The number of ketones is 2. The zero-order valence-corrected chi connectivity index (χ0v) is 21.8. The number of alkyl halides is 3. The summed E-state index contributed by atoms with van der Waals surface area (Å²) in [5, 5.41) is 45.2. The lowest BCUT2D eigenvalue weighted by Gasteiger charge is -2.50. The van der Waals surface area contributed by atoms with Crippen molar-refractivity contribution >= 4 is 23.2 Å². The number of amides is 1. The van der Waals surface area contributed by atoms with Gasteiger partial charge in [-0.15, -0.1) is 0 Å². The molecule has 1 aromatic carbocycles. The van der Waals surface area contributed by atoms with E-state index in [0.29, 0.717) is 13.0 Å². The summed E-state index contributed by atoms with van der Waals surface area (Å²) >= 11 is 0. The summed E-state index contributed by atoms with van der Waals surface area (Å²) in [6.07, 6.45) is -5.04. The van der Waals surface area contributed by atoms with Crippen LogP contribution in [0, 0.1) is 11.8 Å². The number of aliphatic hydroxyl groups is 3. The molecule has 10 nitrogen and oxygen atoms in total. The molecule has 1 heterocycles. The van der Waals surface area contributed by atoms with Crippen LogP contribution in [0.25, 0.3) is 5.76 Å². The monoisotopic (exact) mass is 563 g/mol. The number of fused-ring (bicyclic) bond motifs is 7. The Kier molecular flexibility index (Phi) is 5.41. The van der Waals surface area contributed by atoms with Crippen LogP contribution >= 0.6 is 0 Å². The van der Waals surface area contributed by atoms with Crippen LogP contribution in [-0.2, 0) is 27.0 Å². The number of Topliss-reactive ketones (excluding diaryl/α,β-unsaturated/α-hetero) is 2. The van der Waals surface area contributed by atoms with Gasteiger partial charge in [0.2, 0.25) is 5.78 Å². The van der Waals surface area contributed by atoms with Crippen LogP contribution in [0.1, 0.15) is 52.6 Å². The Morgan fingerprint density at radius 2 is 1.80 bits per heavy atom. The fraction of sp³-hybridized carbons (Fsp3) is 0.519. The zero-order valence-electron chi connectivity index (χ0n) is 21.8. The van der Waals surface area contributed by atoms with Gasteiger partial charge in [0, 0.05) is 29.0 Å². The van der Waals surface area contributed by atoms with Gasteiger partial charge in [-0.1, -0.05) is 0 Å². The Morgan fingerprint density at radius 1 is 1.15 bits per heavy atom. The molecule has 6 atom stereocenters. The van der Waals surface area contributed by atoms with Gasteiger partial charge in [0.25, 0.3) is 5.91 Å². The van der Waals surface area contributed by atoms with Crippen LogP contribution in [0.15, 0.2) is 16.9 Å². The molecule has 4 aliphatic carbocycles. The van der Waals surface area contributed by atoms with Crippen LogP contribution in [0.4, 0.5) is 13.2 Å². The van der Waals surface area contributed by atoms with Gasteiger partial charge in [-0.25, -0.2) is 0 Å². The summed E-state index contributed by atoms with van der Waals surface area (Å²) in [6.45, 7) is 0.516. The molecular weight excluding hydrogens is 535 g/mol. The predicted octanol–water partition coefficient (Wildman–Crippen LogP) is 1.46. The van der Waals surface area contributed by atoms with Gasteiger partial charge in [-0.3, -0.25) is 24.2 Å². The summed E-state index contributed by atoms with van der Waals surface area (Å²) in [4.78, 5) is 42.3. The number of nitrogens with two attached hydrogens (primary N) is 1. The number of carbonyl (C=O) groups is 3. The first-order valence-electron chi connectivity index (χ1n) is 12.9. The van der Waals surface area contributed by atoms with Crippen LogP contribution in [0.2, 0.25) is 0 Å². The number of hydrogen-bond donors (Lipinski definition) is 5. The second kappa shape index (κ2) is 8.08. The lowest BCUT2D eigenvalue weighted by Crippen LogP contribution is -2.65. The van der Waals surface area contributed by atoms with E-state index in [1.807, 2.05) is 4.90 Å². The number of rotatable bonds is 2. The van der Waals surface area contributed by atoms with Gasteiger partial charge in [0.15, 0.2) is 11.4 Å². The lowest BCUT2D eigenvalue weighted by molar-refractivity contribution is -0.153. The number of carbonyl (C=O) groups excluding carboxylic acids is 3. The summed E-state index contributed by atoms with van der Waals surface area (Å²) < 4.78 is 43.9. The second-order valence-corrected chi connectivity index (χ2v) is 11.7. The number of aliphatic hydroxyl groups excluding tert-OH is 2. The Hall–Kier alpha value is -3.42. The molecule has 40 heavy (non-hydrogen) atoms. The average molecular weight is 564 g/mol. The van der Waals surface area contributed by atoms with Gasteiger partial charge < -0.3 is 26.2 Å². The Labute approximate surface area is 226 Å². The average Bonchev–Trinajstić information content (AvgIpc) is 3.13. The smallest absolute Gasteiger partial charge is 0.416 e. The molecule has 13 heteroatoms. The van der Waals surface area contributed by atoms with Gasteiger partial charge >= 0.3 is 6.18 Å². The molecule has 1 saturated heterocycles. The molecule has 0 radical (unpaired) electrons. The molecule has 1 amide bonds. The first-order chi connectivity index (χ1) is 18.5. The standard InChI is InChI=1S/C27H28F3N3O7/c1-32(2)19-11-7-8-6-10-14(20(34)12(8)23(37)26(11,40)24(38)16(22(19)36)25(31)39)21(35)15-13(17(10)27(28,29)30)9-4-5-33(3)18(9)15/h8-9,11,18-19,34-35,38,40H,4-7H2,1-3H3,(H2,31,39)/t8-,9+,11-,18+,19-,26-/m0/s1. The molecule has 0 bridgehead atoms. The Bertz CT molecular complexity index is 1500. The first-order valence-corrected chi connectivity index (χ1v) is 12.9. The number of primary amides is 1. The fourth-order valence-corrected chi connectivity index (χ4v) is 8.00. The molecule has 1 saturated carbocycles. The van der Waals surface area contributed by atoms with E-state index in [1.54, 1.807) is 7.05 Å². The highest BCUT2D eigenvalue weighted by Crippen LogP contribution is 2.64. The van der Waals surface area contributed by atoms with E-state index < -0.39 is 105 Å². The number of benzene rings is 1. The Balaban J connectivity index is 1.61. The number of likely N-dealkylation sites (N-methyl/N-ethyl adjacent to an activating group) is 2. The summed E-state index contributed by atoms with van der Waals surface area (Å²) in [6, 6.07) is -1.80. The Morgan fingerprint density at radius 3 is 2.38 bits per heavy atom. The zero-order chi connectivity index (χ0) is 29.4. The maximum Gasteiger partial charge on any atom is 0.416 e. The third-order valence-electron chi connectivity index (χ3n) is 9.57. The number of hydrogen-bond acceptors (Lipinski definition) is 9. The number of phenolic OH excluding ortho intramolecular Hbond substituents is 1. The molecule has 2 fully saturated rings. The van der Waals surface area contributed by atoms with Gasteiger partial charge in [0.1, 0.15) is 22.8 Å². The molecule has 214 valence electrons. The fourth-order valence-electron chi connectivity index (χ4n) is 8.00. The molecule has 0 spiro atoms. The van der Waals surface area contributed by atoms with Crippen molar-refractivity contribution < 1.29 is 48.0 Å². The molecule has 0 unspecified atom stereocenters. The van der Waals surface area contributed by atoms with Crippen LogP contribution < -0.4 is 5.73 Å². The van der Waals surface area contributed by atoms with Crippen molar-refractivity contribution in [2.75, 3.05) is 27.7 Å². The first kappa shape index (κ1) is 26.8. The largest absolute Gasteiger partial charge is 0.508 e. The van der Waals surface area contributed by atoms with E-state index in [2.05, 4.69) is 0 Å². The van der Waals surface area contributed by atoms with E-state index in [9.17, 15) is 48.0 Å². The SMILES string of the molecule is CN(C)[C@@H]1C(=O)C(C(N)=O)=C(O)[C@@]2(O)C(=O)C3=C(O)c4c(O)c5c(c(C(F)(F)F)c4C[C@H]3C[C@@H]12)[C@H]1CCN(C)[C@@H]51. The van der Waals surface area contributed by atoms with Crippen molar-refractivity contribution in [3.05, 3.63) is 44.7 Å². The van der Waals surface area contributed by atoms with Crippen LogP contribution in [-0.4, -0.2) is 87.0 Å². The number of nitrogens with zero attached hydrogens (tertiary/aromatic N) is 2. The molecule has 6 rings (SSSR count). The van der Waals surface area contributed by atoms with E-state index in [0.717, 1.165) is 0 Å². The highest BCUT2D eigenvalue weighted by Gasteiger charge is 2.65. The molecule has 1 aliphatic heterocycles. The molecule has 1 aromatic rings. The second-order valence-electron chi connectivity index (χ2n) is 11.7. The van der Waals surface area contributed by atoms with E-state index >= 15 is 0 Å². The molecular formula is C27H28F3N3O7. The number of likely N-dealkylation sites (tertiary alicyclic amines) is 1. The predicted molar refractivity (Wildman–Crippen MR) is 132 cm³/mol. The maximum absolute atomic E-state index is 14.6. The molecule has 5 aliphatic rings. The highest BCUT2D eigenvalue weighted by atomic mass is 19.4. The lowest BCUT2D eigenvalue weighted by atomic mass is 9.56.